The molecule has 2 aromatic carbocycles. The van der Waals surface area contributed by atoms with Gasteiger partial charge < -0.3 is 5.32 Å². The van der Waals surface area contributed by atoms with E-state index in [1.54, 1.807) is 11.8 Å². The summed E-state index contributed by atoms with van der Waals surface area (Å²) in [6.07, 6.45) is 2.00. The number of nitrogens with zero attached hydrogens (tertiary/aromatic N) is 1. The lowest BCUT2D eigenvalue weighted by atomic mass is 10.1. The van der Waals surface area contributed by atoms with E-state index in [1.165, 1.54) is 12.1 Å². The molecule has 110 valence electrons. The Morgan fingerprint density at radius 3 is 2.48 bits per heavy atom. The van der Waals surface area contributed by atoms with E-state index >= 15 is 0 Å². The SMILES string of the molecule is CSc1ccc(C(C)Nc2cc(F)cc([N+](=O)[O-])c2)cc1. The number of anilines is 1. The molecular formula is C15H15FN2O2S. The van der Waals surface area contributed by atoms with Crippen molar-refractivity contribution in [1.29, 1.82) is 0 Å². The van der Waals surface area contributed by atoms with E-state index in [4.69, 9.17) is 0 Å². The van der Waals surface area contributed by atoms with Gasteiger partial charge in [0.25, 0.3) is 5.69 Å². The summed E-state index contributed by atoms with van der Waals surface area (Å²) in [5, 5.41) is 13.8. The molecule has 0 spiro atoms. The number of nitrogens with one attached hydrogen (secondary N) is 1. The predicted octanol–water partition coefficient (Wildman–Crippen LogP) is 4.63. The highest BCUT2D eigenvalue weighted by atomic mass is 32.2. The van der Waals surface area contributed by atoms with Crippen LogP contribution in [-0.4, -0.2) is 11.2 Å². The van der Waals surface area contributed by atoms with Gasteiger partial charge in [-0.1, -0.05) is 12.1 Å². The Morgan fingerprint density at radius 1 is 1.24 bits per heavy atom. The molecule has 0 aromatic heterocycles. The van der Waals surface area contributed by atoms with Crippen molar-refractivity contribution in [2.24, 2.45) is 0 Å². The average Bonchev–Trinajstić information content (AvgIpc) is 2.46. The molecule has 0 aliphatic rings. The molecule has 6 heteroatoms. The number of rotatable bonds is 5. The summed E-state index contributed by atoms with van der Waals surface area (Å²) >= 11 is 1.66. The summed E-state index contributed by atoms with van der Waals surface area (Å²) < 4.78 is 13.4. The standard InChI is InChI=1S/C15H15FN2O2S/c1-10(11-3-5-15(21-2)6-4-11)17-13-7-12(16)8-14(9-13)18(19)20/h3-10,17H,1-2H3. The van der Waals surface area contributed by atoms with Crippen molar-refractivity contribution in [3.05, 3.63) is 64.0 Å². The Bertz CT molecular complexity index is 647. The van der Waals surface area contributed by atoms with Crippen LogP contribution in [0.5, 0.6) is 0 Å². The smallest absolute Gasteiger partial charge is 0.274 e. The second-order valence-electron chi connectivity index (χ2n) is 4.59. The Hall–Kier alpha value is -2.08. The van der Waals surface area contributed by atoms with Gasteiger partial charge in [-0.05, 0) is 36.9 Å². The number of benzene rings is 2. The minimum atomic E-state index is -0.628. The zero-order valence-electron chi connectivity index (χ0n) is 11.7. The molecule has 0 bridgehead atoms. The molecule has 0 heterocycles. The predicted molar refractivity (Wildman–Crippen MR) is 83.3 cm³/mol. The van der Waals surface area contributed by atoms with Gasteiger partial charge in [0, 0.05) is 22.7 Å². The fourth-order valence-electron chi connectivity index (χ4n) is 1.99. The van der Waals surface area contributed by atoms with Gasteiger partial charge >= 0.3 is 0 Å². The number of hydrogen-bond acceptors (Lipinski definition) is 4. The molecular weight excluding hydrogens is 291 g/mol. The lowest BCUT2D eigenvalue weighted by molar-refractivity contribution is -0.385. The van der Waals surface area contributed by atoms with Gasteiger partial charge in [-0.15, -0.1) is 11.8 Å². The molecule has 0 aliphatic carbocycles. The Labute approximate surface area is 126 Å². The van der Waals surface area contributed by atoms with Gasteiger partial charge in [-0.2, -0.15) is 0 Å². The molecule has 0 aliphatic heterocycles. The topological polar surface area (TPSA) is 55.2 Å². The lowest BCUT2D eigenvalue weighted by Crippen LogP contribution is -2.07. The highest BCUT2D eigenvalue weighted by Gasteiger charge is 2.12. The van der Waals surface area contributed by atoms with Crippen molar-refractivity contribution in [3.8, 4) is 0 Å². The van der Waals surface area contributed by atoms with Crippen LogP contribution in [0.15, 0.2) is 47.4 Å². The second-order valence-corrected chi connectivity index (χ2v) is 5.47. The van der Waals surface area contributed by atoms with Crippen LogP contribution in [0.3, 0.4) is 0 Å². The highest BCUT2D eigenvalue weighted by molar-refractivity contribution is 7.98. The highest BCUT2D eigenvalue weighted by Crippen LogP contribution is 2.25. The number of thioether (sulfide) groups is 1. The second kappa shape index (κ2) is 6.58. The first-order chi connectivity index (χ1) is 9.99. The van der Waals surface area contributed by atoms with Crippen molar-refractivity contribution in [3.63, 3.8) is 0 Å². The van der Waals surface area contributed by atoms with E-state index in [0.29, 0.717) is 5.69 Å². The summed E-state index contributed by atoms with van der Waals surface area (Å²) in [5.41, 5.74) is 1.16. The lowest BCUT2D eigenvalue weighted by Gasteiger charge is -2.16. The molecule has 2 aromatic rings. The number of hydrogen-bond donors (Lipinski definition) is 1. The van der Waals surface area contributed by atoms with Crippen LogP contribution < -0.4 is 5.32 Å². The van der Waals surface area contributed by atoms with Gasteiger partial charge in [-0.3, -0.25) is 10.1 Å². The van der Waals surface area contributed by atoms with Crippen LogP contribution in [0.2, 0.25) is 0 Å². The maximum absolute atomic E-state index is 13.4. The first-order valence-electron chi connectivity index (χ1n) is 6.35. The van der Waals surface area contributed by atoms with Crippen LogP contribution in [0.25, 0.3) is 0 Å². The molecule has 1 atom stereocenters. The molecule has 0 saturated heterocycles. The fraction of sp³-hybridized carbons (Fsp3) is 0.200. The summed E-state index contributed by atoms with van der Waals surface area (Å²) in [5.74, 6) is -0.628. The monoisotopic (exact) mass is 306 g/mol. The van der Waals surface area contributed by atoms with Crippen LogP contribution in [0.1, 0.15) is 18.5 Å². The molecule has 0 amide bonds. The molecule has 0 fully saturated rings. The first kappa shape index (κ1) is 15.3. The largest absolute Gasteiger partial charge is 0.378 e. The molecule has 4 nitrogen and oxygen atoms in total. The van der Waals surface area contributed by atoms with Gasteiger partial charge in [0.05, 0.1) is 11.0 Å². The average molecular weight is 306 g/mol. The van der Waals surface area contributed by atoms with Gasteiger partial charge in [0.15, 0.2) is 0 Å². The van der Waals surface area contributed by atoms with Crippen LogP contribution in [0.4, 0.5) is 15.8 Å². The zero-order valence-corrected chi connectivity index (χ0v) is 12.5. The number of non-ortho nitro benzene ring substituents is 1. The third-order valence-corrected chi connectivity index (χ3v) is 3.84. The van der Waals surface area contributed by atoms with Crippen LogP contribution in [0, 0.1) is 15.9 Å². The zero-order chi connectivity index (χ0) is 15.4. The van der Waals surface area contributed by atoms with Gasteiger partial charge in [-0.25, -0.2) is 4.39 Å². The van der Waals surface area contributed by atoms with Crippen LogP contribution >= 0.6 is 11.8 Å². The normalized spacial score (nSPS) is 12.0. The third-order valence-electron chi connectivity index (χ3n) is 3.09. The number of nitro benzene ring substituents is 1. The minimum absolute atomic E-state index is 0.0812. The van der Waals surface area contributed by atoms with Crippen molar-refractivity contribution in [1.82, 2.24) is 0 Å². The maximum Gasteiger partial charge on any atom is 0.274 e. The van der Waals surface area contributed by atoms with Crippen molar-refractivity contribution in [2.75, 3.05) is 11.6 Å². The Balaban J connectivity index is 2.18. The van der Waals surface area contributed by atoms with Crippen LogP contribution in [-0.2, 0) is 0 Å². The molecule has 2 rings (SSSR count). The quantitative estimate of drug-likeness (QED) is 0.497. The summed E-state index contributed by atoms with van der Waals surface area (Å²) in [6, 6.07) is 11.4. The number of halogens is 1. The maximum atomic E-state index is 13.4. The summed E-state index contributed by atoms with van der Waals surface area (Å²) in [4.78, 5) is 11.3. The molecule has 0 radical (unpaired) electrons. The third kappa shape index (κ3) is 3.95. The van der Waals surface area contributed by atoms with E-state index in [0.717, 1.165) is 16.5 Å². The van der Waals surface area contributed by atoms with E-state index in [1.807, 2.05) is 37.4 Å². The molecule has 0 saturated carbocycles. The molecule has 21 heavy (non-hydrogen) atoms. The van der Waals surface area contributed by atoms with E-state index < -0.39 is 10.7 Å². The Kier molecular flexibility index (Phi) is 4.80. The number of nitro groups is 1. The fourth-order valence-corrected chi connectivity index (χ4v) is 2.40. The van der Waals surface area contributed by atoms with Crippen molar-refractivity contribution in [2.45, 2.75) is 17.9 Å². The first-order valence-corrected chi connectivity index (χ1v) is 7.57. The summed E-state index contributed by atoms with van der Waals surface area (Å²) in [7, 11) is 0. The Morgan fingerprint density at radius 2 is 1.90 bits per heavy atom. The van der Waals surface area contributed by atoms with Crippen molar-refractivity contribution >= 4 is 23.1 Å². The van der Waals surface area contributed by atoms with E-state index in [2.05, 4.69) is 5.32 Å². The van der Waals surface area contributed by atoms with Gasteiger partial charge in [0.2, 0.25) is 0 Å². The molecule has 1 unspecified atom stereocenters. The summed E-state index contributed by atoms with van der Waals surface area (Å²) in [6.45, 7) is 1.92. The van der Waals surface area contributed by atoms with Gasteiger partial charge in [0.1, 0.15) is 5.82 Å². The minimum Gasteiger partial charge on any atom is -0.378 e. The van der Waals surface area contributed by atoms with Crippen molar-refractivity contribution < 1.29 is 9.31 Å². The van der Waals surface area contributed by atoms with E-state index in [9.17, 15) is 14.5 Å². The molecule has 1 N–H and O–H groups in total. The van der Waals surface area contributed by atoms with E-state index in [-0.39, 0.29) is 11.7 Å².